The van der Waals surface area contributed by atoms with Gasteiger partial charge < -0.3 is 20.4 Å². The van der Waals surface area contributed by atoms with Crippen molar-refractivity contribution in [2.75, 3.05) is 0 Å². The molecule has 0 aliphatic heterocycles. The SMILES string of the molecule is O=c1c2c(O)ccc(O)c2c(=O)c2c(=O)c3c(=O)c4c(=O)c5c(O)ccc(O)c5c(=O)c4c(=O)c3c(=O)c12. The second-order valence-electron chi connectivity index (χ2n) is 8.59. The van der Waals surface area contributed by atoms with Crippen molar-refractivity contribution in [3.8, 4) is 23.0 Å². The van der Waals surface area contributed by atoms with E-state index in [9.17, 15) is 58.8 Å². The van der Waals surface area contributed by atoms with E-state index in [0.29, 0.717) is 0 Å². The van der Waals surface area contributed by atoms with Gasteiger partial charge in [0.05, 0.1) is 53.9 Å². The first kappa shape index (κ1) is 22.7. The van der Waals surface area contributed by atoms with E-state index in [1.54, 1.807) is 0 Å². The smallest absolute Gasteiger partial charge is 0.202 e. The largest absolute Gasteiger partial charge is 0.507 e. The average molecular weight is 512 g/mol. The lowest BCUT2D eigenvalue weighted by molar-refractivity contribution is 0.469. The van der Waals surface area contributed by atoms with Crippen LogP contribution in [0.15, 0.2) is 62.6 Å². The number of benzene rings is 6. The molecule has 0 amide bonds. The summed E-state index contributed by atoms with van der Waals surface area (Å²) in [6, 6.07) is 3.40. The van der Waals surface area contributed by atoms with Gasteiger partial charge >= 0.3 is 0 Å². The van der Waals surface area contributed by atoms with Crippen LogP contribution >= 0.6 is 0 Å². The first-order valence-electron chi connectivity index (χ1n) is 10.6. The van der Waals surface area contributed by atoms with Crippen molar-refractivity contribution in [3.63, 3.8) is 0 Å². The molecule has 12 heteroatoms. The number of phenols is 4. The van der Waals surface area contributed by atoms with Gasteiger partial charge in [0.2, 0.25) is 43.4 Å². The zero-order valence-electron chi connectivity index (χ0n) is 18.4. The van der Waals surface area contributed by atoms with Crippen molar-refractivity contribution < 1.29 is 20.4 Å². The van der Waals surface area contributed by atoms with Gasteiger partial charge in [-0.3, -0.25) is 38.4 Å². The van der Waals surface area contributed by atoms with Crippen LogP contribution in [0.5, 0.6) is 23.0 Å². The Labute approximate surface area is 203 Å². The van der Waals surface area contributed by atoms with Crippen molar-refractivity contribution in [1.82, 2.24) is 0 Å². The standard InChI is InChI=1S/C26H8O12/c27-5-1-2-6(28)10-9(5)19(31)13-14(20(10)32)24(36)18-17(23(13)35)25(37)15-16(26(18)38)22(34)12-8(30)4-3-7(29)11(12)21(15)33/h1-4,27-30H. The third kappa shape index (κ3) is 2.38. The van der Waals surface area contributed by atoms with E-state index in [2.05, 4.69) is 0 Å². The molecule has 6 rings (SSSR count). The molecule has 0 saturated carbocycles. The first-order chi connectivity index (χ1) is 17.9. The van der Waals surface area contributed by atoms with E-state index in [4.69, 9.17) is 0 Å². The van der Waals surface area contributed by atoms with Crippen LogP contribution in [-0.2, 0) is 0 Å². The van der Waals surface area contributed by atoms with Gasteiger partial charge in [-0.25, -0.2) is 0 Å². The fourth-order valence-corrected chi connectivity index (χ4v) is 5.06. The van der Waals surface area contributed by atoms with E-state index in [1.165, 1.54) is 0 Å². The van der Waals surface area contributed by atoms with E-state index >= 15 is 0 Å². The number of rotatable bonds is 0. The quantitative estimate of drug-likeness (QED) is 0.141. The molecule has 184 valence electrons. The van der Waals surface area contributed by atoms with Gasteiger partial charge in [0.1, 0.15) is 23.0 Å². The molecule has 0 atom stereocenters. The summed E-state index contributed by atoms with van der Waals surface area (Å²) in [6.45, 7) is 0. The van der Waals surface area contributed by atoms with E-state index < -0.39 is 120 Å². The number of hydrogen-bond donors (Lipinski definition) is 4. The Morgan fingerprint density at radius 3 is 0.553 bits per heavy atom. The Balaban J connectivity index is 2.09. The second-order valence-corrected chi connectivity index (χ2v) is 8.59. The normalized spacial score (nSPS) is 11.9. The van der Waals surface area contributed by atoms with Crippen molar-refractivity contribution >= 4 is 53.9 Å². The summed E-state index contributed by atoms with van der Waals surface area (Å²) in [6.07, 6.45) is 0. The summed E-state index contributed by atoms with van der Waals surface area (Å²) < 4.78 is 0. The molecular formula is C26H8O12. The molecular weight excluding hydrogens is 504 g/mol. The van der Waals surface area contributed by atoms with E-state index in [1.807, 2.05) is 0 Å². The predicted octanol–water partition coefficient (Wildman–Crippen LogP) is -1.09. The Kier molecular flexibility index (Phi) is 4.12. The number of fused-ring (bicyclic) bond motifs is 5. The van der Waals surface area contributed by atoms with Gasteiger partial charge in [-0.2, -0.15) is 0 Å². The summed E-state index contributed by atoms with van der Waals surface area (Å²) in [5, 5.41) is 30.1. The van der Waals surface area contributed by atoms with Crippen molar-refractivity contribution in [1.29, 1.82) is 0 Å². The number of phenolic OH excluding ortho intramolecular Hbond substituents is 4. The number of aromatic hydroxyl groups is 4. The van der Waals surface area contributed by atoms with Crippen molar-refractivity contribution in [3.05, 3.63) is 106 Å². The van der Waals surface area contributed by atoms with Gasteiger partial charge in [-0.1, -0.05) is 0 Å². The summed E-state index contributed by atoms with van der Waals surface area (Å²) in [5.41, 5.74) is -11.9. The van der Waals surface area contributed by atoms with Gasteiger partial charge in [-0.15, -0.1) is 0 Å². The van der Waals surface area contributed by atoms with Gasteiger partial charge in [0.15, 0.2) is 0 Å². The Bertz CT molecular complexity index is 2240. The summed E-state index contributed by atoms with van der Waals surface area (Å²) in [5.74, 6) is -3.28. The third-order valence-electron chi connectivity index (χ3n) is 6.71. The highest BCUT2D eigenvalue weighted by atomic mass is 16.3. The van der Waals surface area contributed by atoms with Gasteiger partial charge in [0.25, 0.3) is 0 Å². The Morgan fingerprint density at radius 1 is 0.263 bits per heavy atom. The lowest BCUT2D eigenvalue weighted by Gasteiger charge is -2.07. The lowest BCUT2D eigenvalue weighted by Crippen LogP contribution is -2.35. The predicted molar refractivity (Wildman–Crippen MR) is 136 cm³/mol. The van der Waals surface area contributed by atoms with Crippen LogP contribution in [0.3, 0.4) is 0 Å². The minimum absolute atomic E-state index is 0.813. The Morgan fingerprint density at radius 2 is 0.395 bits per heavy atom. The van der Waals surface area contributed by atoms with Crippen LogP contribution in [0.4, 0.5) is 0 Å². The molecule has 0 radical (unpaired) electrons. The van der Waals surface area contributed by atoms with Crippen molar-refractivity contribution in [2.24, 2.45) is 0 Å². The molecule has 38 heavy (non-hydrogen) atoms. The molecule has 0 heterocycles. The minimum atomic E-state index is -1.59. The third-order valence-corrected chi connectivity index (χ3v) is 6.71. The van der Waals surface area contributed by atoms with E-state index in [-0.39, 0.29) is 0 Å². The highest BCUT2D eigenvalue weighted by Gasteiger charge is 2.29. The molecule has 0 aliphatic carbocycles. The molecule has 0 saturated heterocycles. The molecule has 6 aromatic rings. The maximum absolute atomic E-state index is 13.4. The van der Waals surface area contributed by atoms with Crippen LogP contribution in [-0.4, -0.2) is 20.4 Å². The minimum Gasteiger partial charge on any atom is -0.507 e. The molecule has 0 unspecified atom stereocenters. The summed E-state index contributed by atoms with van der Waals surface area (Å²) in [4.78, 5) is 106. The van der Waals surface area contributed by atoms with Crippen LogP contribution in [0.1, 0.15) is 0 Å². The number of hydrogen-bond acceptors (Lipinski definition) is 12. The molecule has 12 nitrogen and oxygen atoms in total. The second kappa shape index (κ2) is 6.91. The van der Waals surface area contributed by atoms with Gasteiger partial charge in [-0.05, 0) is 24.3 Å². The highest BCUT2D eigenvalue weighted by Crippen LogP contribution is 2.29. The van der Waals surface area contributed by atoms with Crippen LogP contribution in [0.25, 0.3) is 53.9 Å². The molecule has 0 bridgehead atoms. The monoisotopic (exact) mass is 512 g/mol. The maximum atomic E-state index is 13.4. The molecule has 0 aliphatic rings. The Hall–Kier alpha value is -5.78. The summed E-state index contributed by atoms with van der Waals surface area (Å²) in [7, 11) is 0. The zero-order valence-corrected chi connectivity index (χ0v) is 18.4. The average Bonchev–Trinajstić information content (AvgIpc) is 2.86. The highest BCUT2D eigenvalue weighted by molar-refractivity contribution is 6.11. The fourth-order valence-electron chi connectivity index (χ4n) is 5.06. The first-order valence-corrected chi connectivity index (χ1v) is 10.6. The topological polar surface area (TPSA) is 217 Å². The molecule has 4 N–H and O–H groups in total. The molecule has 0 fully saturated rings. The van der Waals surface area contributed by atoms with Crippen LogP contribution in [0, 0.1) is 0 Å². The van der Waals surface area contributed by atoms with Crippen LogP contribution in [0.2, 0.25) is 0 Å². The fraction of sp³-hybridized carbons (Fsp3) is 0. The van der Waals surface area contributed by atoms with Crippen LogP contribution < -0.4 is 43.4 Å². The molecule has 0 aromatic heterocycles. The van der Waals surface area contributed by atoms with E-state index in [0.717, 1.165) is 24.3 Å². The molecule has 0 spiro atoms. The van der Waals surface area contributed by atoms with Crippen molar-refractivity contribution in [2.45, 2.75) is 0 Å². The molecule has 6 aromatic carbocycles. The summed E-state index contributed by atoms with van der Waals surface area (Å²) >= 11 is 0. The van der Waals surface area contributed by atoms with Gasteiger partial charge in [0, 0.05) is 0 Å². The lowest BCUT2D eigenvalue weighted by atomic mass is 9.93. The zero-order chi connectivity index (χ0) is 27.5. The maximum Gasteiger partial charge on any atom is 0.202 e.